The predicted molar refractivity (Wildman–Crippen MR) is 72.1 cm³/mol. The molecule has 6 heteroatoms. The number of likely N-dealkylation sites (N-methyl/N-ethyl adjacent to an activating group) is 1. The molecule has 0 aliphatic carbocycles. The summed E-state index contributed by atoms with van der Waals surface area (Å²) in [5, 5.41) is 3.32. The lowest BCUT2D eigenvalue weighted by Crippen LogP contribution is -2.45. The van der Waals surface area contributed by atoms with Crippen molar-refractivity contribution >= 4 is 5.91 Å². The first kappa shape index (κ1) is 14.7. The van der Waals surface area contributed by atoms with E-state index in [0.717, 1.165) is 45.9 Å². The van der Waals surface area contributed by atoms with Gasteiger partial charge in [0.05, 0.1) is 25.9 Å². The normalized spacial score (nSPS) is 25.5. The highest BCUT2D eigenvalue weighted by molar-refractivity contribution is 5.76. The van der Waals surface area contributed by atoms with Crippen LogP contribution in [0.3, 0.4) is 0 Å². The molecular weight excluding hydrogens is 246 g/mol. The second kappa shape index (κ2) is 7.79. The third-order valence-corrected chi connectivity index (χ3v) is 3.59. The first-order valence-corrected chi connectivity index (χ1v) is 7.12. The van der Waals surface area contributed by atoms with Gasteiger partial charge < -0.3 is 24.6 Å². The number of morpholine rings is 2. The smallest absolute Gasteiger partial charge is 0.224 e. The van der Waals surface area contributed by atoms with Crippen LogP contribution >= 0.6 is 0 Å². The first-order chi connectivity index (χ1) is 9.25. The maximum atomic E-state index is 11.9. The Morgan fingerprint density at radius 3 is 2.79 bits per heavy atom. The van der Waals surface area contributed by atoms with Crippen molar-refractivity contribution in [2.75, 3.05) is 66.1 Å². The summed E-state index contributed by atoms with van der Waals surface area (Å²) in [5.74, 6) is 0.220. The van der Waals surface area contributed by atoms with Crippen molar-refractivity contribution in [3.8, 4) is 0 Å². The van der Waals surface area contributed by atoms with Gasteiger partial charge in [0.1, 0.15) is 0 Å². The molecule has 2 saturated heterocycles. The molecule has 19 heavy (non-hydrogen) atoms. The van der Waals surface area contributed by atoms with Crippen LogP contribution in [0.15, 0.2) is 0 Å². The highest BCUT2D eigenvalue weighted by atomic mass is 16.5. The van der Waals surface area contributed by atoms with Gasteiger partial charge in [-0.3, -0.25) is 4.79 Å². The van der Waals surface area contributed by atoms with E-state index in [2.05, 4.69) is 17.3 Å². The summed E-state index contributed by atoms with van der Waals surface area (Å²) in [4.78, 5) is 16.0. The first-order valence-electron chi connectivity index (χ1n) is 7.12. The zero-order chi connectivity index (χ0) is 13.5. The Bertz CT molecular complexity index is 282. The summed E-state index contributed by atoms with van der Waals surface area (Å²) in [5.41, 5.74) is 0. The summed E-state index contributed by atoms with van der Waals surface area (Å²) in [6.45, 7) is 7.11. The average molecular weight is 271 g/mol. The van der Waals surface area contributed by atoms with Crippen molar-refractivity contribution in [1.82, 2.24) is 15.1 Å². The molecule has 0 saturated carbocycles. The zero-order valence-electron chi connectivity index (χ0n) is 11.8. The van der Waals surface area contributed by atoms with Gasteiger partial charge in [0.15, 0.2) is 0 Å². The van der Waals surface area contributed by atoms with Crippen molar-refractivity contribution in [2.45, 2.75) is 12.5 Å². The lowest BCUT2D eigenvalue weighted by Gasteiger charge is -2.30. The number of rotatable bonds is 5. The number of hydrogen-bond donors (Lipinski definition) is 1. The standard InChI is InChI=1S/C13H25N3O3/c1-15-4-9-19-12(11-15)10-14-3-2-13(17)16-5-7-18-8-6-16/h12,14H,2-11H2,1H3. The second-order valence-corrected chi connectivity index (χ2v) is 5.20. The van der Waals surface area contributed by atoms with Crippen LogP contribution in [0.25, 0.3) is 0 Å². The van der Waals surface area contributed by atoms with Gasteiger partial charge in [0, 0.05) is 45.7 Å². The number of nitrogens with zero attached hydrogens (tertiary/aromatic N) is 2. The number of hydrogen-bond acceptors (Lipinski definition) is 5. The van der Waals surface area contributed by atoms with Gasteiger partial charge in [0.2, 0.25) is 5.91 Å². The fraction of sp³-hybridized carbons (Fsp3) is 0.923. The number of carbonyl (C=O) groups excluding carboxylic acids is 1. The predicted octanol–water partition coefficient (Wildman–Crippen LogP) is -0.844. The topological polar surface area (TPSA) is 54.0 Å². The lowest BCUT2D eigenvalue weighted by molar-refractivity contribution is -0.135. The van der Waals surface area contributed by atoms with Crippen LogP contribution in [0.1, 0.15) is 6.42 Å². The Morgan fingerprint density at radius 2 is 2.05 bits per heavy atom. The minimum atomic E-state index is 0.220. The Kier molecular flexibility index (Phi) is 6.03. The molecule has 0 spiro atoms. The summed E-state index contributed by atoms with van der Waals surface area (Å²) < 4.78 is 10.9. The van der Waals surface area contributed by atoms with Crippen molar-refractivity contribution in [2.24, 2.45) is 0 Å². The number of nitrogens with one attached hydrogen (secondary N) is 1. The maximum absolute atomic E-state index is 11.9. The quantitative estimate of drug-likeness (QED) is 0.661. The molecule has 1 N–H and O–H groups in total. The van der Waals surface area contributed by atoms with Crippen LogP contribution < -0.4 is 5.32 Å². The van der Waals surface area contributed by atoms with Crippen LogP contribution in [0, 0.1) is 0 Å². The average Bonchev–Trinajstić information content (AvgIpc) is 2.44. The molecule has 2 rings (SSSR count). The molecule has 1 atom stereocenters. The molecule has 2 aliphatic heterocycles. The molecule has 1 unspecified atom stereocenters. The van der Waals surface area contributed by atoms with Gasteiger partial charge in [-0.15, -0.1) is 0 Å². The fourth-order valence-corrected chi connectivity index (χ4v) is 2.42. The fourth-order valence-electron chi connectivity index (χ4n) is 2.42. The van der Waals surface area contributed by atoms with E-state index >= 15 is 0 Å². The van der Waals surface area contributed by atoms with Crippen LogP contribution in [0.2, 0.25) is 0 Å². The Hall–Kier alpha value is -0.690. The lowest BCUT2D eigenvalue weighted by atomic mass is 10.2. The minimum Gasteiger partial charge on any atom is -0.378 e. The Balaban J connectivity index is 1.54. The summed E-state index contributed by atoms with van der Waals surface area (Å²) in [6, 6.07) is 0. The van der Waals surface area contributed by atoms with Crippen LogP contribution in [-0.2, 0) is 14.3 Å². The van der Waals surface area contributed by atoms with Gasteiger partial charge in [-0.1, -0.05) is 0 Å². The number of carbonyl (C=O) groups is 1. The van der Waals surface area contributed by atoms with Gasteiger partial charge in [-0.2, -0.15) is 0 Å². The van der Waals surface area contributed by atoms with E-state index in [1.54, 1.807) is 0 Å². The third-order valence-electron chi connectivity index (χ3n) is 3.59. The highest BCUT2D eigenvalue weighted by Gasteiger charge is 2.18. The molecule has 0 aromatic heterocycles. The van der Waals surface area contributed by atoms with E-state index < -0.39 is 0 Å². The minimum absolute atomic E-state index is 0.220. The monoisotopic (exact) mass is 271 g/mol. The molecule has 2 fully saturated rings. The number of ether oxygens (including phenoxy) is 2. The van der Waals surface area contributed by atoms with Crippen LogP contribution in [0.4, 0.5) is 0 Å². The Morgan fingerprint density at radius 1 is 1.26 bits per heavy atom. The van der Waals surface area contributed by atoms with E-state index in [0.29, 0.717) is 19.6 Å². The van der Waals surface area contributed by atoms with E-state index in [9.17, 15) is 4.79 Å². The summed E-state index contributed by atoms with van der Waals surface area (Å²) in [6.07, 6.45) is 0.806. The molecule has 6 nitrogen and oxygen atoms in total. The summed E-state index contributed by atoms with van der Waals surface area (Å²) in [7, 11) is 2.11. The molecule has 0 aromatic carbocycles. The molecule has 0 bridgehead atoms. The highest BCUT2D eigenvalue weighted by Crippen LogP contribution is 2.02. The molecular formula is C13H25N3O3. The summed E-state index contributed by atoms with van der Waals surface area (Å²) >= 11 is 0. The molecule has 110 valence electrons. The SMILES string of the molecule is CN1CCOC(CNCCC(=O)N2CCOCC2)C1. The van der Waals surface area contributed by atoms with Gasteiger partial charge in [-0.25, -0.2) is 0 Å². The van der Waals surface area contributed by atoms with E-state index in [1.165, 1.54) is 0 Å². The largest absolute Gasteiger partial charge is 0.378 e. The van der Waals surface area contributed by atoms with Gasteiger partial charge >= 0.3 is 0 Å². The zero-order valence-corrected chi connectivity index (χ0v) is 11.8. The van der Waals surface area contributed by atoms with Crippen molar-refractivity contribution < 1.29 is 14.3 Å². The molecule has 2 aliphatic rings. The van der Waals surface area contributed by atoms with E-state index in [1.807, 2.05) is 4.90 Å². The molecule has 0 radical (unpaired) electrons. The second-order valence-electron chi connectivity index (χ2n) is 5.20. The molecule has 0 aromatic rings. The van der Waals surface area contributed by atoms with Gasteiger partial charge in [-0.05, 0) is 7.05 Å². The van der Waals surface area contributed by atoms with Crippen LogP contribution in [0.5, 0.6) is 0 Å². The van der Waals surface area contributed by atoms with Crippen molar-refractivity contribution in [3.63, 3.8) is 0 Å². The van der Waals surface area contributed by atoms with Crippen molar-refractivity contribution in [1.29, 1.82) is 0 Å². The van der Waals surface area contributed by atoms with E-state index in [-0.39, 0.29) is 12.0 Å². The van der Waals surface area contributed by atoms with Crippen molar-refractivity contribution in [3.05, 3.63) is 0 Å². The molecule has 2 heterocycles. The third kappa shape index (κ3) is 5.06. The Labute approximate surface area is 115 Å². The number of amides is 1. The maximum Gasteiger partial charge on any atom is 0.224 e. The van der Waals surface area contributed by atoms with E-state index in [4.69, 9.17) is 9.47 Å². The van der Waals surface area contributed by atoms with Crippen LogP contribution in [-0.4, -0.2) is 87.9 Å². The molecule has 1 amide bonds. The van der Waals surface area contributed by atoms with Gasteiger partial charge in [0.25, 0.3) is 0 Å².